The summed E-state index contributed by atoms with van der Waals surface area (Å²) >= 11 is 0. The van der Waals surface area contributed by atoms with Gasteiger partial charge in [-0.2, -0.15) is 5.10 Å². The molecule has 0 radical (unpaired) electrons. The zero-order valence-electron chi connectivity index (χ0n) is 18.7. The Morgan fingerprint density at radius 1 is 1.12 bits per heavy atom. The highest BCUT2D eigenvalue weighted by molar-refractivity contribution is 5.89. The van der Waals surface area contributed by atoms with E-state index in [1.807, 2.05) is 18.2 Å². The predicted octanol–water partition coefficient (Wildman–Crippen LogP) is 4.01. The van der Waals surface area contributed by atoms with Crippen molar-refractivity contribution in [2.75, 3.05) is 32.0 Å². The summed E-state index contributed by atoms with van der Waals surface area (Å²) in [6, 6.07) is 16.1. The van der Waals surface area contributed by atoms with Crippen LogP contribution in [0.5, 0.6) is 0 Å². The summed E-state index contributed by atoms with van der Waals surface area (Å²) in [6.07, 6.45) is 1.09. The minimum absolute atomic E-state index is 0. The summed E-state index contributed by atoms with van der Waals surface area (Å²) in [5, 5.41) is 10.2. The molecule has 1 aromatic heterocycles. The molecule has 2 heterocycles. The van der Waals surface area contributed by atoms with Gasteiger partial charge >= 0.3 is 6.03 Å². The van der Waals surface area contributed by atoms with Gasteiger partial charge in [0.15, 0.2) is 0 Å². The molecule has 0 aliphatic carbocycles. The first-order chi connectivity index (χ1) is 15.5. The number of benzene rings is 2. The average molecular weight is 508 g/mol. The fourth-order valence-electron chi connectivity index (χ4n) is 3.86. The number of carbonyl (C=O) groups is 1. The molecule has 1 saturated heterocycles. The zero-order chi connectivity index (χ0) is 22.5. The SMILES string of the molecule is CN1CCC(CNC(=O)Nc2cccc(Cn3nc(-c4ccc(F)cc4)ccc3=O)c2)C1.Cl.Cl. The third-order valence-electron chi connectivity index (χ3n) is 5.56. The largest absolute Gasteiger partial charge is 0.338 e. The average Bonchev–Trinajstić information content (AvgIpc) is 3.20. The van der Waals surface area contributed by atoms with E-state index in [-0.39, 0.29) is 48.8 Å². The fourth-order valence-corrected chi connectivity index (χ4v) is 3.86. The molecule has 182 valence electrons. The molecule has 1 fully saturated rings. The number of aromatic nitrogens is 2. The second-order valence-electron chi connectivity index (χ2n) is 8.17. The van der Waals surface area contributed by atoms with Crippen LogP contribution in [-0.2, 0) is 6.54 Å². The van der Waals surface area contributed by atoms with E-state index in [0.717, 1.165) is 30.6 Å². The van der Waals surface area contributed by atoms with Crippen molar-refractivity contribution in [2.45, 2.75) is 13.0 Å². The highest BCUT2D eigenvalue weighted by Gasteiger charge is 2.19. The molecule has 10 heteroatoms. The van der Waals surface area contributed by atoms with Crippen molar-refractivity contribution in [3.8, 4) is 11.3 Å². The van der Waals surface area contributed by atoms with Crippen molar-refractivity contribution in [3.63, 3.8) is 0 Å². The number of anilines is 1. The van der Waals surface area contributed by atoms with Gasteiger partial charge in [-0.25, -0.2) is 13.9 Å². The number of nitrogens with zero attached hydrogens (tertiary/aromatic N) is 3. The van der Waals surface area contributed by atoms with Crippen LogP contribution in [0.25, 0.3) is 11.3 Å². The monoisotopic (exact) mass is 507 g/mol. The van der Waals surface area contributed by atoms with E-state index < -0.39 is 0 Å². The van der Waals surface area contributed by atoms with E-state index in [9.17, 15) is 14.0 Å². The van der Waals surface area contributed by atoms with Gasteiger partial charge in [0.05, 0.1) is 12.2 Å². The maximum Gasteiger partial charge on any atom is 0.319 e. The van der Waals surface area contributed by atoms with E-state index in [2.05, 4.69) is 27.7 Å². The topological polar surface area (TPSA) is 79.3 Å². The van der Waals surface area contributed by atoms with Crippen LogP contribution in [-0.4, -0.2) is 47.4 Å². The second kappa shape index (κ2) is 12.5. The van der Waals surface area contributed by atoms with Crippen molar-refractivity contribution < 1.29 is 9.18 Å². The molecule has 1 unspecified atom stereocenters. The second-order valence-corrected chi connectivity index (χ2v) is 8.17. The van der Waals surface area contributed by atoms with Gasteiger partial charge in [0.1, 0.15) is 5.82 Å². The Kier molecular flexibility index (Phi) is 10.0. The van der Waals surface area contributed by atoms with Crippen LogP contribution in [0.4, 0.5) is 14.9 Å². The van der Waals surface area contributed by atoms with Crippen molar-refractivity contribution in [3.05, 3.63) is 82.4 Å². The lowest BCUT2D eigenvalue weighted by atomic mass is 10.1. The highest BCUT2D eigenvalue weighted by Crippen LogP contribution is 2.17. The van der Waals surface area contributed by atoms with Crippen LogP contribution < -0.4 is 16.2 Å². The Morgan fingerprint density at radius 2 is 1.88 bits per heavy atom. The molecule has 1 atom stereocenters. The fraction of sp³-hybridized carbons (Fsp3) is 0.292. The Labute approximate surface area is 210 Å². The molecule has 0 bridgehead atoms. The van der Waals surface area contributed by atoms with Crippen molar-refractivity contribution in [2.24, 2.45) is 5.92 Å². The Hall–Kier alpha value is -2.94. The first-order valence-corrected chi connectivity index (χ1v) is 10.6. The number of hydrogen-bond acceptors (Lipinski definition) is 4. The lowest BCUT2D eigenvalue weighted by Crippen LogP contribution is -2.33. The maximum atomic E-state index is 13.2. The normalized spacial score (nSPS) is 15.2. The van der Waals surface area contributed by atoms with Crippen molar-refractivity contribution >= 4 is 36.5 Å². The molecule has 2 N–H and O–H groups in total. The quantitative estimate of drug-likeness (QED) is 0.528. The molecule has 7 nitrogen and oxygen atoms in total. The molecule has 3 aromatic rings. The number of urea groups is 1. The van der Waals surface area contributed by atoms with Gasteiger partial charge in [0.2, 0.25) is 0 Å². The molecular formula is C24H28Cl2FN5O2. The molecule has 0 saturated carbocycles. The lowest BCUT2D eigenvalue weighted by Gasteiger charge is -2.13. The summed E-state index contributed by atoms with van der Waals surface area (Å²) in [4.78, 5) is 26.8. The molecular weight excluding hydrogens is 480 g/mol. The molecule has 34 heavy (non-hydrogen) atoms. The van der Waals surface area contributed by atoms with Crippen LogP contribution in [0.2, 0.25) is 0 Å². The van der Waals surface area contributed by atoms with E-state index in [4.69, 9.17) is 0 Å². The third-order valence-corrected chi connectivity index (χ3v) is 5.56. The smallest absolute Gasteiger partial charge is 0.319 e. The number of hydrogen-bond donors (Lipinski definition) is 2. The minimum atomic E-state index is -0.328. The molecule has 0 spiro atoms. The van der Waals surface area contributed by atoms with Gasteiger partial charge < -0.3 is 15.5 Å². The molecule has 1 aliphatic rings. The standard InChI is InChI=1S/C24H26FN5O2.2ClH/c1-29-12-11-18(15-29)14-26-24(32)27-21-4-2-3-17(13-21)16-30-23(31)10-9-22(28-30)19-5-7-20(25)8-6-19;;/h2-10,13,18H,11-12,14-16H2,1H3,(H2,26,27,32);2*1H. The van der Waals surface area contributed by atoms with Crippen molar-refractivity contribution in [1.82, 2.24) is 20.0 Å². The molecule has 2 amide bonds. The highest BCUT2D eigenvalue weighted by atomic mass is 35.5. The summed E-state index contributed by atoms with van der Waals surface area (Å²) in [6.45, 7) is 2.95. The van der Waals surface area contributed by atoms with Crippen LogP contribution >= 0.6 is 24.8 Å². The predicted molar refractivity (Wildman–Crippen MR) is 137 cm³/mol. The van der Waals surface area contributed by atoms with Gasteiger partial charge in [-0.05, 0) is 74.0 Å². The van der Waals surface area contributed by atoms with Crippen molar-refractivity contribution in [1.29, 1.82) is 0 Å². The van der Waals surface area contributed by atoms with E-state index in [0.29, 0.717) is 23.8 Å². The summed E-state index contributed by atoms with van der Waals surface area (Å²) < 4.78 is 14.5. The number of likely N-dealkylation sites (tertiary alicyclic amines) is 1. The van der Waals surface area contributed by atoms with Gasteiger partial charge in [-0.1, -0.05) is 12.1 Å². The summed E-state index contributed by atoms with van der Waals surface area (Å²) in [5.74, 6) is 0.148. The number of halogens is 3. The number of nitrogens with one attached hydrogen (secondary N) is 2. The van der Waals surface area contributed by atoms with Gasteiger partial charge in [-0.15, -0.1) is 24.8 Å². The van der Waals surface area contributed by atoms with E-state index >= 15 is 0 Å². The Morgan fingerprint density at radius 3 is 2.59 bits per heavy atom. The Bertz CT molecular complexity index is 1160. The van der Waals surface area contributed by atoms with Crippen LogP contribution in [0, 0.1) is 11.7 Å². The third kappa shape index (κ3) is 7.28. The number of carbonyl (C=O) groups excluding carboxylic acids is 1. The lowest BCUT2D eigenvalue weighted by molar-refractivity contribution is 0.250. The summed E-state index contributed by atoms with van der Waals surface area (Å²) in [5.41, 5.74) is 2.53. The van der Waals surface area contributed by atoms with Gasteiger partial charge in [0.25, 0.3) is 5.56 Å². The van der Waals surface area contributed by atoms with E-state index in [1.54, 1.807) is 24.3 Å². The first-order valence-electron chi connectivity index (χ1n) is 10.6. The zero-order valence-corrected chi connectivity index (χ0v) is 20.4. The number of rotatable bonds is 6. The molecule has 1 aliphatic heterocycles. The first kappa shape index (κ1) is 27.3. The van der Waals surface area contributed by atoms with E-state index in [1.165, 1.54) is 22.9 Å². The number of amides is 2. The summed E-state index contributed by atoms with van der Waals surface area (Å²) in [7, 11) is 2.08. The molecule has 2 aromatic carbocycles. The Balaban J connectivity index is 0.00000204. The van der Waals surface area contributed by atoms with Gasteiger partial charge in [0, 0.05) is 30.4 Å². The van der Waals surface area contributed by atoms with Crippen LogP contribution in [0.15, 0.2) is 65.5 Å². The van der Waals surface area contributed by atoms with Crippen LogP contribution in [0.3, 0.4) is 0 Å². The molecule has 4 rings (SSSR count). The van der Waals surface area contributed by atoms with Gasteiger partial charge in [-0.3, -0.25) is 4.79 Å². The minimum Gasteiger partial charge on any atom is -0.338 e. The maximum absolute atomic E-state index is 13.2. The van der Waals surface area contributed by atoms with Crippen LogP contribution in [0.1, 0.15) is 12.0 Å².